The summed E-state index contributed by atoms with van der Waals surface area (Å²) in [7, 11) is 2.11. The lowest BCUT2D eigenvalue weighted by Gasteiger charge is -2.14. The van der Waals surface area contributed by atoms with Gasteiger partial charge >= 0.3 is 0 Å². The van der Waals surface area contributed by atoms with Gasteiger partial charge in [0.05, 0.1) is 7.05 Å². The van der Waals surface area contributed by atoms with Gasteiger partial charge in [0, 0.05) is 15.7 Å². The van der Waals surface area contributed by atoms with Crippen LogP contribution in [0.3, 0.4) is 0 Å². The molecule has 3 aromatic rings. The van der Waals surface area contributed by atoms with E-state index in [0.29, 0.717) is 18.3 Å². The van der Waals surface area contributed by atoms with Crippen LogP contribution in [0.4, 0.5) is 17.6 Å². The second-order valence-electron chi connectivity index (χ2n) is 6.31. The van der Waals surface area contributed by atoms with Crippen LogP contribution >= 0.6 is 15.9 Å². The van der Waals surface area contributed by atoms with Crippen molar-refractivity contribution in [3.8, 4) is 0 Å². The molecule has 0 bridgehead atoms. The minimum atomic E-state index is 0.225. The highest BCUT2D eigenvalue weighted by Gasteiger charge is 2.11. The molecule has 6 nitrogen and oxygen atoms in total. The zero-order valence-electron chi connectivity index (χ0n) is 14.8. The van der Waals surface area contributed by atoms with Crippen LogP contribution in [0.15, 0.2) is 53.0 Å². The van der Waals surface area contributed by atoms with Gasteiger partial charge in [0.15, 0.2) is 5.82 Å². The van der Waals surface area contributed by atoms with E-state index < -0.39 is 0 Å². The minimum Gasteiger partial charge on any atom is -0.368 e. The maximum atomic E-state index is 5.88. The first-order chi connectivity index (χ1) is 12.5. The smallest absolute Gasteiger partial charge is 0.232 e. The summed E-state index contributed by atoms with van der Waals surface area (Å²) in [6.45, 7) is 3.56. The van der Waals surface area contributed by atoms with Gasteiger partial charge < -0.3 is 16.0 Å². The number of aromatic nitrogens is 3. The van der Waals surface area contributed by atoms with E-state index in [4.69, 9.17) is 5.73 Å². The molecule has 2 aromatic carbocycles. The maximum Gasteiger partial charge on any atom is 0.232 e. The zero-order chi connectivity index (χ0) is 18.5. The van der Waals surface area contributed by atoms with Crippen molar-refractivity contribution >= 4 is 33.5 Å². The number of benzene rings is 2. The van der Waals surface area contributed by atoms with Crippen LogP contribution in [0.2, 0.25) is 0 Å². The molecule has 0 radical (unpaired) electrons. The number of rotatable bonds is 6. The SMILES string of the molecule is Cc1ccccc1Nc1nc(N)nc(C[NH+](C)Cc2ccc(Br)cc2)n1. The molecule has 1 atom stereocenters. The first-order valence-corrected chi connectivity index (χ1v) is 9.18. The summed E-state index contributed by atoms with van der Waals surface area (Å²) in [5, 5.41) is 3.23. The molecule has 7 heteroatoms. The van der Waals surface area contributed by atoms with Crippen molar-refractivity contribution in [3.05, 3.63) is 70.0 Å². The molecular formula is C19H22BrN6+. The molecule has 0 amide bonds. The van der Waals surface area contributed by atoms with Crippen molar-refractivity contribution in [1.29, 1.82) is 0 Å². The lowest BCUT2D eigenvalue weighted by Crippen LogP contribution is -3.06. The Morgan fingerprint density at radius 3 is 2.46 bits per heavy atom. The molecule has 1 aromatic heterocycles. The molecule has 3 rings (SSSR count). The predicted octanol–water partition coefficient (Wildman–Crippen LogP) is 2.48. The molecular weight excluding hydrogens is 392 g/mol. The van der Waals surface area contributed by atoms with Crippen LogP contribution in [0, 0.1) is 6.92 Å². The van der Waals surface area contributed by atoms with Crippen LogP contribution in [0.1, 0.15) is 17.0 Å². The first kappa shape index (κ1) is 18.3. The third-order valence-electron chi connectivity index (χ3n) is 3.97. The van der Waals surface area contributed by atoms with E-state index in [9.17, 15) is 0 Å². The van der Waals surface area contributed by atoms with E-state index >= 15 is 0 Å². The normalized spacial score (nSPS) is 12.0. The summed E-state index contributed by atoms with van der Waals surface area (Å²) < 4.78 is 1.08. The molecule has 1 unspecified atom stereocenters. The molecule has 26 heavy (non-hydrogen) atoms. The highest BCUT2D eigenvalue weighted by atomic mass is 79.9. The van der Waals surface area contributed by atoms with Crippen molar-refractivity contribution in [2.75, 3.05) is 18.1 Å². The Hall–Kier alpha value is -2.51. The molecule has 0 fully saturated rings. The van der Waals surface area contributed by atoms with Crippen molar-refractivity contribution in [1.82, 2.24) is 15.0 Å². The highest BCUT2D eigenvalue weighted by Crippen LogP contribution is 2.17. The number of aryl methyl sites for hydroxylation is 1. The Morgan fingerprint density at radius 2 is 1.73 bits per heavy atom. The second-order valence-corrected chi connectivity index (χ2v) is 7.23. The van der Waals surface area contributed by atoms with Gasteiger partial charge in [-0.05, 0) is 30.7 Å². The summed E-state index contributed by atoms with van der Waals surface area (Å²) in [4.78, 5) is 14.3. The topological polar surface area (TPSA) is 81.2 Å². The van der Waals surface area contributed by atoms with Gasteiger partial charge in [-0.3, -0.25) is 0 Å². The van der Waals surface area contributed by atoms with Crippen molar-refractivity contribution in [2.24, 2.45) is 0 Å². The predicted molar refractivity (Wildman–Crippen MR) is 107 cm³/mol. The number of anilines is 3. The van der Waals surface area contributed by atoms with Gasteiger partial charge in [-0.15, -0.1) is 0 Å². The molecule has 0 aliphatic carbocycles. The van der Waals surface area contributed by atoms with E-state index in [2.05, 4.69) is 55.4 Å². The van der Waals surface area contributed by atoms with Crippen molar-refractivity contribution in [2.45, 2.75) is 20.0 Å². The summed E-state index contributed by atoms with van der Waals surface area (Å²) in [6, 6.07) is 16.3. The molecule has 134 valence electrons. The number of hydrogen-bond acceptors (Lipinski definition) is 5. The maximum absolute atomic E-state index is 5.88. The fourth-order valence-electron chi connectivity index (χ4n) is 2.69. The Balaban J connectivity index is 1.70. The van der Waals surface area contributed by atoms with Gasteiger partial charge in [-0.25, -0.2) is 0 Å². The molecule has 4 N–H and O–H groups in total. The Kier molecular flexibility index (Phi) is 5.80. The number of quaternary nitrogens is 1. The van der Waals surface area contributed by atoms with E-state index in [1.54, 1.807) is 0 Å². The first-order valence-electron chi connectivity index (χ1n) is 8.38. The quantitative estimate of drug-likeness (QED) is 0.578. The van der Waals surface area contributed by atoms with Crippen LogP contribution in [0.5, 0.6) is 0 Å². The monoisotopic (exact) mass is 413 g/mol. The summed E-state index contributed by atoms with van der Waals surface area (Å²) >= 11 is 3.46. The Labute approximate surface area is 161 Å². The van der Waals surface area contributed by atoms with Crippen molar-refractivity contribution < 1.29 is 4.90 Å². The Morgan fingerprint density at radius 1 is 1.00 bits per heavy atom. The molecule has 0 spiro atoms. The number of nitrogens with one attached hydrogen (secondary N) is 2. The lowest BCUT2D eigenvalue weighted by molar-refractivity contribution is -0.908. The zero-order valence-corrected chi connectivity index (χ0v) is 16.4. The van der Waals surface area contributed by atoms with Crippen LogP contribution in [0.25, 0.3) is 0 Å². The van der Waals surface area contributed by atoms with Crippen LogP contribution in [-0.2, 0) is 13.1 Å². The third-order valence-corrected chi connectivity index (χ3v) is 4.50. The molecule has 0 saturated carbocycles. The number of hydrogen-bond donors (Lipinski definition) is 3. The van der Waals surface area contributed by atoms with E-state index in [1.165, 1.54) is 10.5 Å². The van der Waals surface area contributed by atoms with E-state index in [0.717, 1.165) is 22.3 Å². The number of halogens is 1. The average molecular weight is 414 g/mol. The number of nitrogen functional groups attached to an aromatic ring is 1. The van der Waals surface area contributed by atoms with Gasteiger partial charge in [0.2, 0.25) is 11.9 Å². The fourth-order valence-corrected chi connectivity index (χ4v) is 2.95. The third kappa shape index (κ3) is 5.00. The molecule has 0 aliphatic heterocycles. The number of para-hydroxylation sites is 1. The van der Waals surface area contributed by atoms with Gasteiger partial charge in [-0.1, -0.05) is 46.3 Å². The standard InChI is InChI=1S/C19H21BrN6/c1-13-5-3-4-6-16(13)22-19-24-17(23-18(21)25-19)12-26(2)11-14-7-9-15(20)10-8-14/h3-10H,11-12H2,1-2H3,(H3,21,22,23,24,25)/p+1. The number of nitrogens with zero attached hydrogens (tertiary/aromatic N) is 3. The largest absolute Gasteiger partial charge is 0.368 e. The summed E-state index contributed by atoms with van der Waals surface area (Å²) in [6.07, 6.45) is 0. The Bertz CT molecular complexity index is 881. The second kappa shape index (κ2) is 8.25. The molecule has 0 aliphatic rings. The number of nitrogens with two attached hydrogens (primary N) is 1. The van der Waals surface area contributed by atoms with Crippen LogP contribution in [-0.4, -0.2) is 22.0 Å². The van der Waals surface area contributed by atoms with E-state index in [-0.39, 0.29) is 5.95 Å². The van der Waals surface area contributed by atoms with Gasteiger partial charge in [-0.2, -0.15) is 15.0 Å². The molecule has 1 heterocycles. The average Bonchev–Trinajstić information content (AvgIpc) is 2.58. The lowest BCUT2D eigenvalue weighted by atomic mass is 10.2. The van der Waals surface area contributed by atoms with Crippen molar-refractivity contribution in [3.63, 3.8) is 0 Å². The summed E-state index contributed by atoms with van der Waals surface area (Å²) in [5.74, 6) is 1.36. The minimum absolute atomic E-state index is 0.225. The van der Waals surface area contributed by atoms with Gasteiger partial charge in [0.1, 0.15) is 13.1 Å². The fraction of sp³-hybridized carbons (Fsp3) is 0.211. The summed E-state index contributed by atoms with van der Waals surface area (Å²) in [5.41, 5.74) is 9.21. The van der Waals surface area contributed by atoms with E-state index in [1.807, 2.05) is 43.3 Å². The van der Waals surface area contributed by atoms with Crippen LogP contribution < -0.4 is 16.0 Å². The highest BCUT2D eigenvalue weighted by molar-refractivity contribution is 9.10. The molecule has 0 saturated heterocycles. The van der Waals surface area contributed by atoms with Gasteiger partial charge in [0.25, 0.3) is 0 Å².